The summed E-state index contributed by atoms with van der Waals surface area (Å²) in [6.45, 7) is 0. The van der Waals surface area contributed by atoms with Gasteiger partial charge in [-0.05, 0) is 12.1 Å². The molecule has 0 bridgehead atoms. The molecule has 0 aliphatic rings. The number of thiazole rings is 1. The lowest BCUT2D eigenvalue weighted by molar-refractivity contribution is -0.384. The lowest BCUT2D eigenvalue weighted by Crippen LogP contribution is -1.92. The number of anilines is 2. The van der Waals surface area contributed by atoms with Crippen LogP contribution in [-0.4, -0.2) is 9.91 Å². The van der Waals surface area contributed by atoms with E-state index in [0.717, 1.165) is 11.3 Å². The van der Waals surface area contributed by atoms with Gasteiger partial charge in [0.25, 0.3) is 5.69 Å². The molecule has 2 aromatic carbocycles. The molecule has 7 heteroatoms. The number of nitro benzene ring substituents is 1. The third-order valence-electron chi connectivity index (χ3n) is 2.96. The van der Waals surface area contributed by atoms with Crippen molar-refractivity contribution in [2.24, 2.45) is 0 Å². The van der Waals surface area contributed by atoms with Gasteiger partial charge in [-0.25, -0.2) is 4.98 Å². The summed E-state index contributed by atoms with van der Waals surface area (Å²) in [5.41, 5.74) is 2.28. The van der Waals surface area contributed by atoms with E-state index in [1.165, 1.54) is 23.5 Å². The molecule has 0 unspecified atom stereocenters. The number of nitrogens with one attached hydrogen (secondary N) is 1. The van der Waals surface area contributed by atoms with Crippen molar-refractivity contribution in [2.75, 3.05) is 5.32 Å². The Morgan fingerprint density at radius 1 is 1.18 bits per heavy atom. The minimum atomic E-state index is -0.428. The average molecular weight is 332 g/mol. The van der Waals surface area contributed by atoms with Gasteiger partial charge >= 0.3 is 0 Å². The number of aromatic nitrogens is 1. The Morgan fingerprint density at radius 2 is 2.00 bits per heavy atom. The van der Waals surface area contributed by atoms with E-state index in [-0.39, 0.29) is 5.69 Å². The molecule has 1 heterocycles. The molecule has 3 rings (SSSR count). The second-order valence-corrected chi connectivity index (χ2v) is 5.72. The predicted molar refractivity (Wildman–Crippen MR) is 88.9 cm³/mol. The van der Waals surface area contributed by atoms with E-state index in [2.05, 4.69) is 10.3 Å². The highest BCUT2D eigenvalue weighted by Crippen LogP contribution is 2.31. The van der Waals surface area contributed by atoms with Crippen molar-refractivity contribution in [3.8, 4) is 11.3 Å². The van der Waals surface area contributed by atoms with Crippen LogP contribution < -0.4 is 5.32 Å². The molecular formula is C15H10ClN3O2S. The Balaban J connectivity index is 1.85. The van der Waals surface area contributed by atoms with Crippen LogP contribution in [0.15, 0.2) is 53.9 Å². The zero-order valence-electron chi connectivity index (χ0n) is 11.2. The molecule has 0 radical (unpaired) electrons. The van der Waals surface area contributed by atoms with Gasteiger partial charge in [-0.1, -0.05) is 35.9 Å². The minimum Gasteiger partial charge on any atom is -0.331 e. The molecule has 0 aliphatic carbocycles. The summed E-state index contributed by atoms with van der Waals surface area (Å²) in [5, 5.41) is 17.0. The maximum absolute atomic E-state index is 10.8. The Hall–Kier alpha value is -2.44. The van der Waals surface area contributed by atoms with Crippen molar-refractivity contribution in [1.82, 2.24) is 4.98 Å². The van der Waals surface area contributed by atoms with E-state index >= 15 is 0 Å². The van der Waals surface area contributed by atoms with Gasteiger partial charge in [-0.15, -0.1) is 11.3 Å². The number of non-ortho nitro benzene ring substituents is 1. The molecule has 0 saturated heterocycles. The summed E-state index contributed by atoms with van der Waals surface area (Å²) < 4.78 is 0. The maximum atomic E-state index is 10.8. The number of rotatable bonds is 4. The Labute approximate surface area is 135 Å². The van der Waals surface area contributed by atoms with Crippen LogP contribution in [0.1, 0.15) is 0 Å². The number of benzene rings is 2. The molecule has 0 aliphatic heterocycles. The third kappa shape index (κ3) is 3.08. The number of nitrogens with zero attached hydrogens (tertiary/aromatic N) is 2. The quantitative estimate of drug-likeness (QED) is 0.532. The van der Waals surface area contributed by atoms with E-state index in [9.17, 15) is 10.1 Å². The number of nitro groups is 1. The van der Waals surface area contributed by atoms with Gasteiger partial charge in [0.1, 0.15) is 0 Å². The van der Waals surface area contributed by atoms with Crippen LogP contribution in [-0.2, 0) is 0 Å². The van der Waals surface area contributed by atoms with E-state index < -0.39 is 4.92 Å². The summed E-state index contributed by atoms with van der Waals surface area (Å²) in [4.78, 5) is 14.8. The number of hydrogen-bond donors (Lipinski definition) is 1. The second kappa shape index (κ2) is 6.13. The van der Waals surface area contributed by atoms with Crippen LogP contribution >= 0.6 is 22.9 Å². The molecule has 3 aromatic rings. The molecule has 1 N–H and O–H groups in total. The molecule has 0 atom stereocenters. The number of hydrogen-bond acceptors (Lipinski definition) is 5. The standard InChI is InChI=1S/C15H10ClN3O2S/c16-13-7-2-1-6-12(13)14-9-22-15(18-14)17-10-4-3-5-11(8-10)19(20)21/h1-9H,(H,17,18). The van der Waals surface area contributed by atoms with Crippen LogP contribution in [0.2, 0.25) is 5.02 Å². The molecule has 0 saturated carbocycles. The van der Waals surface area contributed by atoms with Crippen molar-refractivity contribution < 1.29 is 4.92 Å². The van der Waals surface area contributed by atoms with Gasteiger partial charge in [0.05, 0.1) is 10.6 Å². The first-order valence-corrected chi connectivity index (χ1v) is 7.61. The first kappa shape index (κ1) is 14.5. The average Bonchev–Trinajstić information content (AvgIpc) is 2.96. The van der Waals surface area contributed by atoms with Crippen molar-refractivity contribution in [2.45, 2.75) is 0 Å². The summed E-state index contributed by atoms with van der Waals surface area (Å²) in [6, 6.07) is 13.8. The Kier molecular flexibility index (Phi) is 4.04. The molecular weight excluding hydrogens is 322 g/mol. The highest BCUT2D eigenvalue weighted by atomic mass is 35.5. The molecule has 5 nitrogen and oxygen atoms in total. The van der Waals surface area contributed by atoms with Crippen LogP contribution in [0.25, 0.3) is 11.3 Å². The molecule has 0 fully saturated rings. The van der Waals surface area contributed by atoms with Crippen LogP contribution in [0, 0.1) is 10.1 Å². The van der Waals surface area contributed by atoms with Crippen molar-refractivity contribution in [3.63, 3.8) is 0 Å². The first-order valence-electron chi connectivity index (χ1n) is 6.35. The lowest BCUT2D eigenvalue weighted by atomic mass is 10.2. The maximum Gasteiger partial charge on any atom is 0.271 e. The summed E-state index contributed by atoms with van der Waals surface area (Å²) in [7, 11) is 0. The molecule has 110 valence electrons. The molecule has 22 heavy (non-hydrogen) atoms. The van der Waals surface area contributed by atoms with Gasteiger partial charge in [-0.2, -0.15) is 0 Å². The SMILES string of the molecule is O=[N+]([O-])c1cccc(Nc2nc(-c3ccccc3Cl)cs2)c1. The molecule has 0 amide bonds. The van der Waals surface area contributed by atoms with Gasteiger partial charge in [-0.3, -0.25) is 10.1 Å². The van der Waals surface area contributed by atoms with Crippen LogP contribution in [0.4, 0.5) is 16.5 Å². The lowest BCUT2D eigenvalue weighted by Gasteiger charge is -2.02. The topological polar surface area (TPSA) is 68.1 Å². The minimum absolute atomic E-state index is 0.0351. The summed E-state index contributed by atoms with van der Waals surface area (Å²) >= 11 is 7.56. The fraction of sp³-hybridized carbons (Fsp3) is 0. The zero-order valence-corrected chi connectivity index (χ0v) is 12.8. The Morgan fingerprint density at radius 3 is 2.77 bits per heavy atom. The normalized spacial score (nSPS) is 10.4. The highest BCUT2D eigenvalue weighted by Gasteiger charge is 2.10. The fourth-order valence-corrected chi connectivity index (χ4v) is 2.91. The molecule has 0 spiro atoms. The molecule has 1 aromatic heterocycles. The fourth-order valence-electron chi connectivity index (χ4n) is 1.94. The largest absolute Gasteiger partial charge is 0.331 e. The van der Waals surface area contributed by atoms with Crippen molar-refractivity contribution in [1.29, 1.82) is 0 Å². The second-order valence-electron chi connectivity index (χ2n) is 4.45. The predicted octanol–water partition coefficient (Wildman–Crippen LogP) is 5.12. The van der Waals surface area contributed by atoms with E-state index in [0.29, 0.717) is 15.8 Å². The van der Waals surface area contributed by atoms with Gasteiger partial charge in [0, 0.05) is 33.8 Å². The van der Waals surface area contributed by atoms with E-state index in [1.54, 1.807) is 12.1 Å². The van der Waals surface area contributed by atoms with Crippen LogP contribution in [0.5, 0.6) is 0 Å². The van der Waals surface area contributed by atoms with E-state index in [1.807, 2.05) is 29.6 Å². The smallest absolute Gasteiger partial charge is 0.271 e. The van der Waals surface area contributed by atoms with Crippen LogP contribution in [0.3, 0.4) is 0 Å². The third-order valence-corrected chi connectivity index (χ3v) is 4.05. The monoisotopic (exact) mass is 331 g/mol. The van der Waals surface area contributed by atoms with E-state index in [4.69, 9.17) is 11.6 Å². The van der Waals surface area contributed by atoms with Gasteiger partial charge in [0.15, 0.2) is 5.13 Å². The van der Waals surface area contributed by atoms with Gasteiger partial charge in [0.2, 0.25) is 0 Å². The zero-order chi connectivity index (χ0) is 15.5. The summed E-state index contributed by atoms with van der Waals surface area (Å²) in [5.74, 6) is 0. The van der Waals surface area contributed by atoms with Crippen molar-refractivity contribution in [3.05, 3.63) is 69.0 Å². The first-order chi connectivity index (χ1) is 10.6. The van der Waals surface area contributed by atoms with Gasteiger partial charge < -0.3 is 5.32 Å². The highest BCUT2D eigenvalue weighted by molar-refractivity contribution is 7.14. The Bertz CT molecular complexity index is 835. The van der Waals surface area contributed by atoms with Crippen molar-refractivity contribution >= 4 is 39.4 Å². The summed E-state index contributed by atoms with van der Waals surface area (Å²) in [6.07, 6.45) is 0. The number of halogens is 1.